The molecule has 0 aromatic carbocycles. The number of ether oxygens (including phenoxy) is 1. The van der Waals surface area contributed by atoms with E-state index in [0.29, 0.717) is 0 Å². The van der Waals surface area contributed by atoms with Gasteiger partial charge in [0, 0.05) is 12.4 Å². The standard InChI is InChI=1S/C13H14F3N3O4/c1-2-23-10(20)8-9(7-3-5-17-6-4-7)18-11(21)19-12(8,22)13(14,15)16/h3-6,8-9,22H,2H2,1H3,(H2,18,19,21)/t8-,9+,12-/m0/s1. The molecule has 10 heteroatoms. The highest BCUT2D eigenvalue weighted by Gasteiger charge is 2.67. The predicted octanol–water partition coefficient (Wildman–Crippen LogP) is 0.866. The van der Waals surface area contributed by atoms with Gasteiger partial charge in [0.25, 0.3) is 5.72 Å². The zero-order valence-corrected chi connectivity index (χ0v) is 11.9. The van der Waals surface area contributed by atoms with Crippen LogP contribution in [0.4, 0.5) is 18.0 Å². The van der Waals surface area contributed by atoms with Crippen molar-refractivity contribution < 1.29 is 32.6 Å². The molecule has 2 heterocycles. The Kier molecular flexibility index (Phi) is 4.46. The van der Waals surface area contributed by atoms with Crippen molar-refractivity contribution >= 4 is 12.0 Å². The molecule has 0 radical (unpaired) electrons. The fourth-order valence-corrected chi connectivity index (χ4v) is 2.39. The Morgan fingerprint density at radius 3 is 2.57 bits per heavy atom. The van der Waals surface area contributed by atoms with Crippen LogP contribution in [0.5, 0.6) is 0 Å². The first kappa shape index (κ1) is 17.0. The van der Waals surface area contributed by atoms with Crippen LogP contribution in [0.1, 0.15) is 18.5 Å². The first-order chi connectivity index (χ1) is 10.7. The van der Waals surface area contributed by atoms with Crippen LogP contribution in [0.3, 0.4) is 0 Å². The molecule has 1 aliphatic rings. The van der Waals surface area contributed by atoms with Crippen molar-refractivity contribution in [3.8, 4) is 0 Å². The molecule has 1 aromatic heterocycles. The van der Waals surface area contributed by atoms with Crippen molar-refractivity contribution in [2.24, 2.45) is 5.92 Å². The summed E-state index contributed by atoms with van der Waals surface area (Å²) >= 11 is 0. The summed E-state index contributed by atoms with van der Waals surface area (Å²) in [7, 11) is 0. The van der Waals surface area contributed by atoms with Gasteiger partial charge < -0.3 is 20.5 Å². The molecule has 1 aliphatic heterocycles. The number of urea groups is 1. The molecule has 7 nitrogen and oxygen atoms in total. The maximum Gasteiger partial charge on any atom is 0.437 e. The molecule has 1 saturated heterocycles. The number of hydrogen-bond acceptors (Lipinski definition) is 5. The lowest BCUT2D eigenvalue weighted by Gasteiger charge is -2.44. The number of hydrogen-bond donors (Lipinski definition) is 3. The van der Waals surface area contributed by atoms with E-state index in [1.54, 1.807) is 0 Å². The third kappa shape index (κ3) is 3.07. The fourth-order valence-electron chi connectivity index (χ4n) is 2.39. The largest absolute Gasteiger partial charge is 0.466 e. The van der Waals surface area contributed by atoms with E-state index >= 15 is 0 Å². The summed E-state index contributed by atoms with van der Waals surface area (Å²) in [6, 6.07) is -0.0249. The highest BCUT2D eigenvalue weighted by atomic mass is 19.4. The van der Waals surface area contributed by atoms with Gasteiger partial charge in [-0.25, -0.2) is 4.79 Å². The van der Waals surface area contributed by atoms with E-state index in [-0.39, 0.29) is 12.2 Å². The number of nitrogens with zero attached hydrogens (tertiary/aromatic N) is 1. The molecule has 126 valence electrons. The molecule has 23 heavy (non-hydrogen) atoms. The Hall–Kier alpha value is -2.36. The molecule has 0 saturated carbocycles. The SMILES string of the molecule is CCOC(=O)[C@@H]1[C@@H](c2ccncc2)NC(=O)N[C@@]1(O)C(F)(F)F. The highest BCUT2D eigenvalue weighted by molar-refractivity contribution is 5.83. The van der Waals surface area contributed by atoms with Crippen LogP contribution in [0.15, 0.2) is 24.5 Å². The van der Waals surface area contributed by atoms with E-state index in [0.717, 1.165) is 0 Å². The second-order valence-electron chi connectivity index (χ2n) is 4.85. The number of pyridine rings is 1. The summed E-state index contributed by atoms with van der Waals surface area (Å²) in [6.45, 7) is 1.24. The van der Waals surface area contributed by atoms with Gasteiger partial charge in [-0.2, -0.15) is 13.2 Å². The lowest BCUT2D eigenvalue weighted by Crippen LogP contribution is -2.73. The summed E-state index contributed by atoms with van der Waals surface area (Å²) in [4.78, 5) is 27.4. The second-order valence-corrected chi connectivity index (χ2v) is 4.85. The first-order valence-electron chi connectivity index (χ1n) is 6.65. The quantitative estimate of drug-likeness (QED) is 0.713. The average molecular weight is 333 g/mol. The summed E-state index contributed by atoms with van der Waals surface area (Å²) < 4.78 is 44.6. The number of carbonyl (C=O) groups excluding carboxylic acids is 2. The van der Waals surface area contributed by atoms with Crippen LogP contribution >= 0.6 is 0 Å². The Balaban J connectivity index is 2.54. The minimum Gasteiger partial charge on any atom is -0.466 e. The van der Waals surface area contributed by atoms with Crippen molar-refractivity contribution in [3.63, 3.8) is 0 Å². The number of alkyl halides is 3. The number of aliphatic hydroxyl groups is 1. The molecule has 0 unspecified atom stereocenters. The van der Waals surface area contributed by atoms with E-state index in [4.69, 9.17) is 0 Å². The smallest absolute Gasteiger partial charge is 0.437 e. The minimum absolute atomic E-state index is 0.176. The van der Waals surface area contributed by atoms with Crippen LogP contribution in [0.25, 0.3) is 0 Å². The van der Waals surface area contributed by atoms with Gasteiger partial charge in [0.2, 0.25) is 0 Å². The maximum absolute atomic E-state index is 13.3. The number of halogens is 3. The lowest BCUT2D eigenvalue weighted by atomic mass is 9.82. The van der Waals surface area contributed by atoms with Gasteiger partial charge in [0.1, 0.15) is 5.92 Å². The summed E-state index contributed by atoms with van der Waals surface area (Å²) in [5.74, 6) is -3.41. The Labute approximate surface area is 128 Å². The Morgan fingerprint density at radius 2 is 2.04 bits per heavy atom. The number of carbonyl (C=O) groups is 2. The fraction of sp³-hybridized carbons (Fsp3) is 0.462. The number of esters is 1. The van der Waals surface area contributed by atoms with Gasteiger partial charge >= 0.3 is 18.2 Å². The molecular formula is C13H14F3N3O4. The van der Waals surface area contributed by atoms with E-state index in [9.17, 15) is 27.9 Å². The van der Waals surface area contributed by atoms with Crippen molar-refractivity contribution in [1.29, 1.82) is 0 Å². The van der Waals surface area contributed by atoms with Gasteiger partial charge in [0.15, 0.2) is 0 Å². The van der Waals surface area contributed by atoms with Crippen LogP contribution < -0.4 is 10.6 Å². The van der Waals surface area contributed by atoms with Gasteiger partial charge in [-0.3, -0.25) is 9.78 Å². The highest BCUT2D eigenvalue weighted by Crippen LogP contribution is 2.42. The molecular weight excluding hydrogens is 319 g/mol. The number of amides is 2. The molecule has 1 aromatic rings. The van der Waals surface area contributed by atoms with Gasteiger partial charge in [-0.05, 0) is 24.6 Å². The molecule has 0 spiro atoms. The van der Waals surface area contributed by atoms with Gasteiger partial charge in [-0.15, -0.1) is 0 Å². The Bertz CT molecular complexity index is 596. The van der Waals surface area contributed by atoms with Crippen LogP contribution in [-0.4, -0.2) is 40.6 Å². The number of aromatic nitrogens is 1. The lowest BCUT2D eigenvalue weighted by molar-refractivity contribution is -0.294. The maximum atomic E-state index is 13.3. The molecule has 3 N–H and O–H groups in total. The second kappa shape index (κ2) is 6.03. The normalized spacial score (nSPS) is 27.8. The van der Waals surface area contributed by atoms with Crippen molar-refractivity contribution in [1.82, 2.24) is 15.6 Å². The topological polar surface area (TPSA) is 101 Å². The number of nitrogens with one attached hydrogen (secondary N) is 2. The number of rotatable bonds is 3. The van der Waals surface area contributed by atoms with E-state index < -0.39 is 35.9 Å². The van der Waals surface area contributed by atoms with E-state index in [1.165, 1.54) is 36.8 Å². The van der Waals surface area contributed by atoms with Crippen LogP contribution in [-0.2, 0) is 9.53 Å². The minimum atomic E-state index is -5.28. The van der Waals surface area contributed by atoms with Crippen molar-refractivity contribution in [3.05, 3.63) is 30.1 Å². The first-order valence-corrected chi connectivity index (χ1v) is 6.65. The van der Waals surface area contributed by atoms with Crippen molar-refractivity contribution in [2.75, 3.05) is 6.61 Å². The summed E-state index contributed by atoms with van der Waals surface area (Å²) in [5.41, 5.74) is -3.58. The van der Waals surface area contributed by atoms with Gasteiger partial charge in [-0.1, -0.05) is 0 Å². The molecule has 0 bridgehead atoms. The molecule has 2 rings (SSSR count). The zero-order valence-electron chi connectivity index (χ0n) is 11.9. The Morgan fingerprint density at radius 1 is 1.43 bits per heavy atom. The molecule has 3 atom stereocenters. The predicted molar refractivity (Wildman–Crippen MR) is 69.8 cm³/mol. The van der Waals surface area contributed by atoms with Crippen molar-refractivity contribution in [2.45, 2.75) is 24.9 Å². The third-order valence-electron chi connectivity index (χ3n) is 3.41. The van der Waals surface area contributed by atoms with E-state index in [1.807, 2.05) is 0 Å². The summed E-state index contributed by atoms with van der Waals surface area (Å²) in [6.07, 6.45) is -2.70. The van der Waals surface area contributed by atoms with Gasteiger partial charge in [0.05, 0.1) is 12.6 Å². The average Bonchev–Trinajstić information content (AvgIpc) is 2.46. The van der Waals surface area contributed by atoms with Crippen LogP contribution in [0.2, 0.25) is 0 Å². The molecule has 2 amide bonds. The molecule has 1 fully saturated rings. The molecule has 0 aliphatic carbocycles. The monoisotopic (exact) mass is 333 g/mol. The summed E-state index contributed by atoms with van der Waals surface area (Å²) in [5, 5.41) is 13.6. The third-order valence-corrected chi connectivity index (χ3v) is 3.41. The van der Waals surface area contributed by atoms with E-state index in [2.05, 4.69) is 15.0 Å². The zero-order chi connectivity index (χ0) is 17.3. The van der Waals surface area contributed by atoms with Crippen LogP contribution in [0, 0.1) is 5.92 Å².